The van der Waals surface area contributed by atoms with Crippen LogP contribution in [0.1, 0.15) is 36.9 Å². The zero-order valence-electron chi connectivity index (χ0n) is 9.62. The predicted octanol–water partition coefficient (Wildman–Crippen LogP) is 1.37. The lowest BCUT2D eigenvalue weighted by atomic mass is 10.0. The predicted molar refractivity (Wildman–Crippen MR) is 61.2 cm³/mol. The van der Waals surface area contributed by atoms with Crippen molar-refractivity contribution in [1.82, 2.24) is 9.88 Å². The molecule has 86 valence electrons. The van der Waals surface area contributed by atoms with Crippen molar-refractivity contribution in [3.8, 4) is 0 Å². The highest BCUT2D eigenvalue weighted by molar-refractivity contribution is 5.74. The number of H-pyrrole nitrogens is 1. The second-order valence-corrected chi connectivity index (χ2v) is 4.31. The van der Waals surface area contributed by atoms with Gasteiger partial charge in [-0.25, -0.2) is 0 Å². The van der Waals surface area contributed by atoms with E-state index in [1.165, 1.54) is 0 Å². The van der Waals surface area contributed by atoms with Crippen molar-refractivity contribution < 1.29 is 4.79 Å². The van der Waals surface area contributed by atoms with Crippen molar-refractivity contribution in [3.63, 3.8) is 0 Å². The number of likely N-dealkylation sites (tertiary alicyclic amines) is 1. The molecule has 1 aliphatic heterocycles. The molecule has 2 rings (SSSR count). The minimum Gasteiger partial charge on any atom is -0.336 e. The summed E-state index contributed by atoms with van der Waals surface area (Å²) in [4.78, 5) is 27.2. The van der Waals surface area contributed by atoms with Gasteiger partial charge in [0.15, 0.2) is 0 Å². The molecule has 1 fully saturated rings. The Bertz CT molecular complexity index is 464. The molecule has 1 aromatic heterocycles. The van der Waals surface area contributed by atoms with E-state index in [0.29, 0.717) is 0 Å². The lowest BCUT2D eigenvalue weighted by molar-refractivity contribution is -0.129. The van der Waals surface area contributed by atoms with E-state index in [4.69, 9.17) is 0 Å². The van der Waals surface area contributed by atoms with Gasteiger partial charge in [0.25, 0.3) is 0 Å². The Labute approximate surface area is 94.3 Å². The van der Waals surface area contributed by atoms with Gasteiger partial charge in [-0.05, 0) is 30.9 Å². The standard InChI is InChI=1S/C12H16N2O2/c1-8-6-12(16)13-7-10(8)11-4-3-5-14(11)9(2)15/h6-7,11H,3-5H2,1-2H3,(H,13,16)/t11-/m1/s1. The van der Waals surface area contributed by atoms with Gasteiger partial charge >= 0.3 is 0 Å². The Kier molecular flexibility index (Phi) is 2.81. The molecule has 0 saturated carbocycles. The molecular formula is C12H16N2O2. The molecule has 0 spiro atoms. The first-order valence-corrected chi connectivity index (χ1v) is 5.56. The van der Waals surface area contributed by atoms with Gasteiger partial charge < -0.3 is 9.88 Å². The van der Waals surface area contributed by atoms with Crippen LogP contribution in [0.3, 0.4) is 0 Å². The summed E-state index contributed by atoms with van der Waals surface area (Å²) in [5.41, 5.74) is 1.93. The van der Waals surface area contributed by atoms with Gasteiger partial charge in [0.1, 0.15) is 0 Å². The van der Waals surface area contributed by atoms with Crippen molar-refractivity contribution in [2.24, 2.45) is 0 Å². The minimum absolute atomic E-state index is 0.0892. The number of nitrogens with one attached hydrogen (secondary N) is 1. The first-order valence-electron chi connectivity index (χ1n) is 5.56. The Morgan fingerprint density at radius 1 is 1.56 bits per heavy atom. The van der Waals surface area contributed by atoms with Crippen LogP contribution in [0.2, 0.25) is 0 Å². The number of aryl methyl sites for hydroxylation is 1. The van der Waals surface area contributed by atoms with E-state index in [9.17, 15) is 9.59 Å². The van der Waals surface area contributed by atoms with Crippen LogP contribution < -0.4 is 5.56 Å². The molecule has 4 nitrogen and oxygen atoms in total. The second kappa shape index (κ2) is 4.12. The van der Waals surface area contributed by atoms with E-state index in [2.05, 4.69) is 4.98 Å². The Balaban J connectivity index is 2.36. The summed E-state index contributed by atoms with van der Waals surface area (Å²) in [6.45, 7) is 4.33. The average Bonchev–Trinajstić information content (AvgIpc) is 2.66. The molecule has 2 heterocycles. The first kappa shape index (κ1) is 10.9. The fourth-order valence-corrected chi connectivity index (χ4v) is 2.41. The lowest BCUT2D eigenvalue weighted by Crippen LogP contribution is -2.29. The number of hydrogen-bond acceptors (Lipinski definition) is 2. The molecule has 1 amide bonds. The number of pyridine rings is 1. The fourth-order valence-electron chi connectivity index (χ4n) is 2.41. The maximum absolute atomic E-state index is 11.5. The molecule has 16 heavy (non-hydrogen) atoms. The highest BCUT2D eigenvalue weighted by atomic mass is 16.2. The number of amides is 1. The number of rotatable bonds is 1. The molecule has 0 aromatic carbocycles. The summed E-state index contributed by atoms with van der Waals surface area (Å²) in [6, 6.07) is 1.72. The third-order valence-electron chi connectivity index (χ3n) is 3.19. The Morgan fingerprint density at radius 3 is 2.94 bits per heavy atom. The zero-order chi connectivity index (χ0) is 11.7. The minimum atomic E-state index is -0.0892. The lowest BCUT2D eigenvalue weighted by Gasteiger charge is -2.24. The summed E-state index contributed by atoms with van der Waals surface area (Å²) < 4.78 is 0. The largest absolute Gasteiger partial charge is 0.336 e. The fraction of sp³-hybridized carbons (Fsp3) is 0.500. The maximum atomic E-state index is 11.5. The Hall–Kier alpha value is -1.58. The van der Waals surface area contributed by atoms with Gasteiger partial charge in [0.05, 0.1) is 6.04 Å². The van der Waals surface area contributed by atoms with Gasteiger partial charge in [-0.1, -0.05) is 0 Å². The average molecular weight is 220 g/mol. The van der Waals surface area contributed by atoms with Crippen molar-refractivity contribution in [1.29, 1.82) is 0 Å². The number of carbonyl (C=O) groups excluding carboxylic acids is 1. The number of aromatic amines is 1. The summed E-state index contributed by atoms with van der Waals surface area (Å²) in [6.07, 6.45) is 3.75. The van der Waals surface area contributed by atoms with Gasteiger partial charge in [0, 0.05) is 25.7 Å². The van der Waals surface area contributed by atoms with E-state index >= 15 is 0 Å². The molecule has 1 aliphatic rings. The van der Waals surface area contributed by atoms with Crippen molar-refractivity contribution in [3.05, 3.63) is 33.7 Å². The molecule has 1 aromatic rings. The number of nitrogens with zero attached hydrogens (tertiary/aromatic N) is 1. The molecule has 1 saturated heterocycles. The van der Waals surface area contributed by atoms with Crippen LogP contribution >= 0.6 is 0 Å². The molecule has 1 N–H and O–H groups in total. The normalized spacial score (nSPS) is 20.1. The highest BCUT2D eigenvalue weighted by Gasteiger charge is 2.28. The van der Waals surface area contributed by atoms with Gasteiger partial charge in [-0.15, -0.1) is 0 Å². The van der Waals surface area contributed by atoms with Crippen LogP contribution in [-0.2, 0) is 4.79 Å². The van der Waals surface area contributed by atoms with Gasteiger partial charge in [-0.3, -0.25) is 9.59 Å². The molecule has 0 aliphatic carbocycles. The van der Waals surface area contributed by atoms with Crippen LogP contribution in [-0.4, -0.2) is 22.3 Å². The molecular weight excluding hydrogens is 204 g/mol. The number of hydrogen-bond donors (Lipinski definition) is 1. The van der Waals surface area contributed by atoms with Crippen LogP contribution in [0.15, 0.2) is 17.1 Å². The van der Waals surface area contributed by atoms with Gasteiger partial charge in [0.2, 0.25) is 11.5 Å². The SMILES string of the molecule is CC(=O)N1CCC[C@@H]1c1c[nH]c(=O)cc1C. The highest BCUT2D eigenvalue weighted by Crippen LogP contribution is 2.32. The summed E-state index contributed by atoms with van der Waals surface area (Å²) in [7, 11) is 0. The summed E-state index contributed by atoms with van der Waals surface area (Å²) in [5, 5.41) is 0. The van der Waals surface area contributed by atoms with E-state index in [-0.39, 0.29) is 17.5 Å². The molecule has 0 unspecified atom stereocenters. The van der Waals surface area contributed by atoms with Gasteiger partial charge in [-0.2, -0.15) is 0 Å². The van der Waals surface area contributed by atoms with Crippen molar-refractivity contribution in [2.45, 2.75) is 32.7 Å². The zero-order valence-corrected chi connectivity index (χ0v) is 9.62. The van der Waals surface area contributed by atoms with Crippen LogP contribution in [0.5, 0.6) is 0 Å². The third kappa shape index (κ3) is 1.87. The van der Waals surface area contributed by atoms with Crippen LogP contribution in [0.25, 0.3) is 0 Å². The van der Waals surface area contributed by atoms with E-state index in [0.717, 1.165) is 30.5 Å². The monoisotopic (exact) mass is 220 g/mol. The topological polar surface area (TPSA) is 53.2 Å². The molecule has 1 atom stereocenters. The smallest absolute Gasteiger partial charge is 0.248 e. The second-order valence-electron chi connectivity index (χ2n) is 4.31. The Morgan fingerprint density at radius 2 is 2.31 bits per heavy atom. The van der Waals surface area contributed by atoms with E-state index in [1.807, 2.05) is 11.8 Å². The van der Waals surface area contributed by atoms with E-state index in [1.54, 1.807) is 19.2 Å². The molecule has 4 heteroatoms. The van der Waals surface area contributed by atoms with Crippen molar-refractivity contribution in [2.75, 3.05) is 6.54 Å². The van der Waals surface area contributed by atoms with Crippen LogP contribution in [0, 0.1) is 6.92 Å². The third-order valence-corrected chi connectivity index (χ3v) is 3.19. The number of aromatic nitrogens is 1. The molecule has 0 bridgehead atoms. The van der Waals surface area contributed by atoms with E-state index < -0.39 is 0 Å². The summed E-state index contributed by atoms with van der Waals surface area (Å²) in [5.74, 6) is 0.105. The van der Waals surface area contributed by atoms with Crippen molar-refractivity contribution >= 4 is 5.91 Å². The summed E-state index contributed by atoms with van der Waals surface area (Å²) >= 11 is 0. The number of carbonyl (C=O) groups is 1. The van der Waals surface area contributed by atoms with Crippen LogP contribution in [0.4, 0.5) is 0 Å². The quantitative estimate of drug-likeness (QED) is 0.777. The maximum Gasteiger partial charge on any atom is 0.248 e. The molecule has 0 radical (unpaired) electrons. The first-order chi connectivity index (χ1) is 7.59.